The molecule has 0 spiro atoms. The Hall–Kier alpha value is -1.93. The molecular weight excluding hydrogens is 474 g/mol. The van der Waals surface area contributed by atoms with E-state index < -0.39 is 10.5 Å². The fourth-order valence-corrected chi connectivity index (χ4v) is 3.88. The van der Waals surface area contributed by atoms with Crippen LogP contribution in [0.25, 0.3) is 0 Å². The van der Waals surface area contributed by atoms with E-state index in [1.54, 1.807) is 18.2 Å². The Morgan fingerprint density at radius 1 is 1.14 bits per heavy atom. The zero-order valence-electron chi connectivity index (χ0n) is 9.82. The molecule has 0 heterocycles. The molecule has 0 aliphatic carbocycles. The second-order valence-electron chi connectivity index (χ2n) is 3.35. The molecule has 0 aliphatic rings. The second kappa shape index (κ2) is 7.19. The Kier molecular flexibility index (Phi) is 5.86. The molecule has 1 aromatic carbocycles. The smallest absolute Gasteiger partial charge is 0.299 e. The molecule has 0 unspecified atom stereocenters. The van der Waals surface area contributed by atoms with Crippen molar-refractivity contribution in [3.8, 4) is 18.2 Å². The van der Waals surface area contributed by atoms with Gasteiger partial charge in [-0.15, -0.1) is 0 Å². The van der Waals surface area contributed by atoms with E-state index in [2.05, 4.69) is 53.1 Å². The van der Waals surface area contributed by atoms with Crippen LogP contribution in [0.5, 0.6) is 0 Å². The summed E-state index contributed by atoms with van der Waals surface area (Å²) in [5.74, 6) is 0. The summed E-state index contributed by atoms with van der Waals surface area (Å²) in [6.45, 7) is 0. The van der Waals surface area contributed by atoms with Crippen molar-refractivity contribution in [1.29, 1.82) is 15.8 Å². The molecule has 0 fully saturated rings. The first-order valence-electron chi connectivity index (χ1n) is 4.90. The Morgan fingerprint density at radius 3 is 2.14 bits per heavy atom. The molecule has 0 amide bonds. The predicted octanol–water partition coefficient (Wildman–Crippen LogP) is 4.12. The monoisotopic (exact) mass is 473 g/mol. The summed E-state index contributed by atoms with van der Waals surface area (Å²) in [7, 11) is 0. The van der Waals surface area contributed by atoms with Crippen LogP contribution >= 0.6 is 47.8 Å². The van der Waals surface area contributed by atoms with Crippen molar-refractivity contribution >= 4 is 59.2 Å². The lowest BCUT2D eigenvalue weighted by atomic mass is 10.2. The standard InChI is InChI=1S/C11H2Br3N5O2/c12-6-1-7(13)11(19(20)21)9(14)10(6)18-8(4-17)5(2-15)3-16/h1,18H. The third-order valence-electron chi connectivity index (χ3n) is 2.16. The maximum atomic E-state index is 11.0. The van der Waals surface area contributed by atoms with Crippen LogP contribution < -0.4 is 5.32 Å². The van der Waals surface area contributed by atoms with Crippen molar-refractivity contribution in [3.05, 3.63) is 40.9 Å². The number of anilines is 1. The van der Waals surface area contributed by atoms with Gasteiger partial charge in [0.25, 0.3) is 5.69 Å². The van der Waals surface area contributed by atoms with Gasteiger partial charge < -0.3 is 5.32 Å². The highest BCUT2D eigenvalue weighted by atomic mass is 79.9. The van der Waals surface area contributed by atoms with Gasteiger partial charge in [0, 0.05) is 4.47 Å². The molecule has 10 heteroatoms. The molecule has 7 nitrogen and oxygen atoms in total. The van der Waals surface area contributed by atoms with Crippen molar-refractivity contribution in [2.75, 3.05) is 5.32 Å². The average Bonchev–Trinajstić information content (AvgIpc) is 2.41. The van der Waals surface area contributed by atoms with Crippen LogP contribution in [-0.2, 0) is 0 Å². The molecule has 21 heavy (non-hydrogen) atoms. The summed E-state index contributed by atoms with van der Waals surface area (Å²) >= 11 is 9.32. The molecule has 104 valence electrons. The lowest BCUT2D eigenvalue weighted by Crippen LogP contribution is -2.04. The van der Waals surface area contributed by atoms with Crippen LogP contribution in [-0.4, -0.2) is 4.92 Å². The van der Waals surface area contributed by atoms with E-state index in [1.165, 1.54) is 6.07 Å². The molecular formula is C11H2Br3N5O2. The fraction of sp³-hybridized carbons (Fsp3) is 0. The number of rotatable bonds is 3. The summed E-state index contributed by atoms with van der Waals surface area (Å²) in [6.07, 6.45) is 0. The Bertz CT molecular complexity index is 767. The van der Waals surface area contributed by atoms with Gasteiger partial charge in [0.2, 0.25) is 0 Å². The predicted molar refractivity (Wildman–Crippen MR) is 83.7 cm³/mol. The largest absolute Gasteiger partial charge is 0.343 e. The summed E-state index contributed by atoms with van der Waals surface area (Å²) in [5, 5.41) is 40.1. The van der Waals surface area contributed by atoms with Crippen LogP contribution in [0.3, 0.4) is 0 Å². The summed E-state index contributed by atoms with van der Waals surface area (Å²) < 4.78 is 0.687. The number of nitro groups is 1. The van der Waals surface area contributed by atoms with Crippen LogP contribution in [0.1, 0.15) is 0 Å². The normalized spacial score (nSPS) is 8.95. The maximum absolute atomic E-state index is 11.0. The Balaban J connectivity index is 3.55. The van der Waals surface area contributed by atoms with Gasteiger partial charge >= 0.3 is 0 Å². The van der Waals surface area contributed by atoms with Gasteiger partial charge in [-0.2, -0.15) is 15.8 Å². The van der Waals surface area contributed by atoms with Crippen LogP contribution in [0.2, 0.25) is 0 Å². The van der Waals surface area contributed by atoms with Crippen molar-refractivity contribution < 1.29 is 4.92 Å². The lowest BCUT2D eigenvalue weighted by molar-refractivity contribution is -0.386. The minimum Gasteiger partial charge on any atom is -0.343 e. The van der Waals surface area contributed by atoms with Gasteiger partial charge in [0.05, 0.1) is 15.1 Å². The Morgan fingerprint density at radius 2 is 1.71 bits per heavy atom. The van der Waals surface area contributed by atoms with E-state index in [0.29, 0.717) is 4.47 Å². The minimum absolute atomic E-state index is 0.0664. The number of nitriles is 3. The van der Waals surface area contributed by atoms with Gasteiger partial charge in [-0.1, -0.05) is 0 Å². The molecule has 0 aromatic heterocycles. The fourth-order valence-electron chi connectivity index (χ4n) is 1.27. The van der Waals surface area contributed by atoms with E-state index in [9.17, 15) is 10.1 Å². The molecule has 0 bridgehead atoms. The van der Waals surface area contributed by atoms with E-state index in [1.807, 2.05) is 0 Å². The second-order valence-corrected chi connectivity index (χ2v) is 5.85. The zero-order chi connectivity index (χ0) is 16.2. The maximum Gasteiger partial charge on any atom is 0.299 e. The molecule has 0 atom stereocenters. The van der Waals surface area contributed by atoms with Crippen LogP contribution in [0, 0.1) is 44.1 Å². The third-order valence-corrected chi connectivity index (χ3v) is 4.17. The molecule has 1 rings (SSSR count). The molecule has 0 saturated carbocycles. The van der Waals surface area contributed by atoms with Gasteiger partial charge in [-0.05, 0) is 53.9 Å². The highest BCUT2D eigenvalue weighted by Crippen LogP contribution is 2.43. The molecule has 1 aromatic rings. The number of nitro benzene ring substituents is 1. The first kappa shape index (κ1) is 17.1. The number of halogens is 3. The number of allylic oxidation sites excluding steroid dienone is 2. The number of nitrogens with zero attached hydrogens (tertiary/aromatic N) is 4. The van der Waals surface area contributed by atoms with Crippen LogP contribution in [0.4, 0.5) is 11.4 Å². The molecule has 0 aliphatic heterocycles. The van der Waals surface area contributed by atoms with Crippen molar-refractivity contribution in [1.82, 2.24) is 0 Å². The van der Waals surface area contributed by atoms with Crippen LogP contribution in [0.15, 0.2) is 30.8 Å². The number of hydrogen-bond acceptors (Lipinski definition) is 6. The topological polar surface area (TPSA) is 127 Å². The Labute approximate surface area is 144 Å². The molecule has 0 saturated heterocycles. The zero-order valence-corrected chi connectivity index (χ0v) is 14.6. The summed E-state index contributed by atoms with van der Waals surface area (Å²) in [6, 6.07) is 6.23. The first-order valence-corrected chi connectivity index (χ1v) is 7.28. The van der Waals surface area contributed by atoms with Gasteiger partial charge in [-0.25, -0.2) is 0 Å². The van der Waals surface area contributed by atoms with E-state index >= 15 is 0 Å². The number of hydrogen-bond donors (Lipinski definition) is 1. The summed E-state index contributed by atoms with van der Waals surface area (Å²) in [4.78, 5) is 10.4. The van der Waals surface area contributed by atoms with E-state index in [-0.39, 0.29) is 26.0 Å². The lowest BCUT2D eigenvalue weighted by Gasteiger charge is -2.11. The highest BCUT2D eigenvalue weighted by molar-refractivity contribution is 9.11. The van der Waals surface area contributed by atoms with Crippen molar-refractivity contribution in [2.45, 2.75) is 0 Å². The minimum atomic E-state index is -0.614. The van der Waals surface area contributed by atoms with E-state index in [0.717, 1.165) is 0 Å². The highest BCUT2D eigenvalue weighted by Gasteiger charge is 2.24. The van der Waals surface area contributed by atoms with Gasteiger partial charge in [0.1, 0.15) is 28.4 Å². The van der Waals surface area contributed by atoms with Gasteiger partial charge in [-0.3, -0.25) is 10.1 Å². The first-order chi connectivity index (χ1) is 9.87. The van der Waals surface area contributed by atoms with Crippen molar-refractivity contribution in [2.24, 2.45) is 0 Å². The molecule has 1 N–H and O–H groups in total. The number of nitrogens with one attached hydrogen (secondary N) is 1. The van der Waals surface area contributed by atoms with Gasteiger partial charge in [0.15, 0.2) is 5.57 Å². The summed E-state index contributed by atoms with van der Waals surface area (Å²) in [5.41, 5.74) is -0.835. The van der Waals surface area contributed by atoms with E-state index in [4.69, 9.17) is 15.8 Å². The SMILES string of the molecule is N#CC(C#N)=C(C#N)Nc1c(Br)cc(Br)c([N+](=O)[O-])c1Br. The van der Waals surface area contributed by atoms with Crippen molar-refractivity contribution in [3.63, 3.8) is 0 Å². The number of benzene rings is 1. The molecule has 0 radical (unpaired) electrons. The average molecular weight is 476 g/mol. The quantitative estimate of drug-likeness (QED) is 0.398. The third kappa shape index (κ3) is 3.59.